The summed E-state index contributed by atoms with van der Waals surface area (Å²) in [5.41, 5.74) is 2.22. The molecule has 6 heteroatoms. The van der Waals surface area contributed by atoms with Gasteiger partial charge in [0.15, 0.2) is 5.57 Å². The smallest absolute Gasteiger partial charge is 0.154 e. The van der Waals surface area contributed by atoms with Crippen molar-refractivity contribution in [1.82, 2.24) is 5.32 Å². The summed E-state index contributed by atoms with van der Waals surface area (Å²) in [5.74, 6) is 0. The fourth-order valence-electron chi connectivity index (χ4n) is 3.31. The molecule has 0 fully saturated rings. The Bertz CT molecular complexity index is 1090. The molecule has 4 nitrogen and oxygen atoms in total. The van der Waals surface area contributed by atoms with Gasteiger partial charge in [0, 0.05) is 16.5 Å². The van der Waals surface area contributed by atoms with Crippen LogP contribution in [-0.2, 0) is 5.54 Å². The summed E-state index contributed by atoms with van der Waals surface area (Å²) < 4.78 is 0. The minimum Gasteiger partial charge on any atom is -0.373 e. The molecule has 3 rings (SSSR count). The van der Waals surface area contributed by atoms with Gasteiger partial charge < -0.3 is 5.32 Å². The number of rotatable bonds is 2. The highest BCUT2D eigenvalue weighted by Gasteiger charge is 2.37. The molecule has 136 valence electrons. The molecule has 0 amide bonds. The molecular formula is C22H14Cl2N4. The van der Waals surface area contributed by atoms with Gasteiger partial charge in [-0.1, -0.05) is 47.5 Å². The third-order valence-corrected chi connectivity index (χ3v) is 5.25. The SMILES string of the molecule is C[C@@]1(c2ccc(Cl)cc2)CC(c2ccc(Cl)cc2)=C(C#N)C(=C(C#N)C#N)N1. The number of nitrogens with one attached hydrogen (secondary N) is 1. The van der Waals surface area contributed by atoms with E-state index < -0.39 is 5.54 Å². The maximum atomic E-state index is 9.82. The first-order chi connectivity index (χ1) is 13.4. The molecule has 0 aliphatic carbocycles. The Hall–Kier alpha value is -3.23. The monoisotopic (exact) mass is 404 g/mol. The van der Waals surface area contributed by atoms with Crippen LogP contribution < -0.4 is 5.32 Å². The van der Waals surface area contributed by atoms with Gasteiger partial charge in [0.1, 0.15) is 18.2 Å². The summed E-state index contributed by atoms with van der Waals surface area (Å²) in [6.07, 6.45) is 0.479. The Labute approximate surface area is 173 Å². The first kappa shape index (κ1) is 19.5. The number of allylic oxidation sites excluding steroid dienone is 2. The molecule has 0 saturated carbocycles. The fourth-order valence-corrected chi connectivity index (χ4v) is 3.56. The predicted octanol–water partition coefficient (Wildman–Crippen LogP) is 5.48. The molecule has 2 aromatic carbocycles. The van der Waals surface area contributed by atoms with Crippen LogP contribution in [0.3, 0.4) is 0 Å². The van der Waals surface area contributed by atoms with Gasteiger partial charge in [0.05, 0.1) is 16.8 Å². The van der Waals surface area contributed by atoms with Crippen LogP contribution >= 0.6 is 23.2 Å². The first-order valence-electron chi connectivity index (χ1n) is 8.40. The van der Waals surface area contributed by atoms with E-state index in [1.807, 2.05) is 43.3 Å². The van der Waals surface area contributed by atoms with Gasteiger partial charge in [-0.05, 0) is 47.9 Å². The lowest BCUT2D eigenvalue weighted by molar-refractivity contribution is 0.407. The lowest BCUT2D eigenvalue weighted by Crippen LogP contribution is -2.43. The molecule has 1 N–H and O–H groups in total. The summed E-state index contributed by atoms with van der Waals surface area (Å²) >= 11 is 12.0. The summed E-state index contributed by atoms with van der Waals surface area (Å²) in [6.45, 7) is 1.96. The number of nitrogens with zero attached hydrogens (tertiary/aromatic N) is 3. The summed E-state index contributed by atoms with van der Waals surface area (Å²) in [7, 11) is 0. The molecule has 2 aromatic rings. The van der Waals surface area contributed by atoms with Crippen LogP contribution in [0.5, 0.6) is 0 Å². The van der Waals surface area contributed by atoms with Gasteiger partial charge in [-0.25, -0.2) is 0 Å². The average molecular weight is 405 g/mol. The molecule has 28 heavy (non-hydrogen) atoms. The predicted molar refractivity (Wildman–Crippen MR) is 109 cm³/mol. The molecule has 1 heterocycles. The van der Waals surface area contributed by atoms with Crippen molar-refractivity contribution in [3.05, 3.63) is 86.5 Å². The largest absolute Gasteiger partial charge is 0.373 e. The zero-order chi connectivity index (χ0) is 20.3. The van der Waals surface area contributed by atoms with Gasteiger partial charge in [0.2, 0.25) is 0 Å². The standard InChI is InChI=1S/C22H14Cl2N4/c1-22(16-4-8-18(24)9-5-16)10-19(14-2-6-17(23)7-3-14)20(13-27)21(28-22)15(11-25)12-26/h2-9,28H,10H2,1H3/t22-/m0/s1. The zero-order valence-corrected chi connectivity index (χ0v) is 16.4. The molecule has 1 aliphatic rings. The molecule has 1 atom stereocenters. The maximum Gasteiger partial charge on any atom is 0.154 e. The van der Waals surface area contributed by atoms with Crippen LogP contribution in [0, 0.1) is 34.0 Å². The van der Waals surface area contributed by atoms with Gasteiger partial charge >= 0.3 is 0 Å². The van der Waals surface area contributed by atoms with E-state index in [1.165, 1.54) is 0 Å². The molecule has 0 bridgehead atoms. The van der Waals surface area contributed by atoms with Gasteiger partial charge in [0.25, 0.3) is 0 Å². The Morgan fingerprint density at radius 3 is 1.96 bits per heavy atom. The quantitative estimate of drug-likeness (QED) is 0.671. The van der Waals surface area contributed by atoms with Crippen LogP contribution in [0.15, 0.2) is 65.4 Å². The van der Waals surface area contributed by atoms with Crippen LogP contribution in [0.25, 0.3) is 5.57 Å². The van der Waals surface area contributed by atoms with E-state index in [9.17, 15) is 15.8 Å². The normalized spacial score (nSPS) is 18.5. The number of benzene rings is 2. The lowest BCUT2D eigenvalue weighted by atomic mass is 9.77. The van der Waals surface area contributed by atoms with Crippen molar-refractivity contribution >= 4 is 28.8 Å². The van der Waals surface area contributed by atoms with Crippen LogP contribution in [0.1, 0.15) is 24.5 Å². The molecule has 0 radical (unpaired) electrons. The minimum atomic E-state index is -0.645. The van der Waals surface area contributed by atoms with E-state index in [0.29, 0.717) is 16.5 Å². The van der Waals surface area contributed by atoms with E-state index >= 15 is 0 Å². The molecule has 0 saturated heterocycles. The lowest BCUT2D eigenvalue weighted by Gasteiger charge is -2.39. The molecule has 0 unspecified atom stereocenters. The zero-order valence-electron chi connectivity index (χ0n) is 14.9. The molecule has 1 aliphatic heterocycles. The van der Waals surface area contributed by atoms with Crippen molar-refractivity contribution in [2.24, 2.45) is 0 Å². The van der Waals surface area contributed by atoms with Crippen LogP contribution in [0.2, 0.25) is 10.0 Å². The Morgan fingerprint density at radius 1 is 0.929 bits per heavy atom. The van der Waals surface area contributed by atoms with Crippen LogP contribution in [-0.4, -0.2) is 0 Å². The first-order valence-corrected chi connectivity index (χ1v) is 9.15. The highest BCUT2D eigenvalue weighted by atomic mass is 35.5. The van der Waals surface area contributed by atoms with Gasteiger partial charge in [-0.2, -0.15) is 15.8 Å². The average Bonchev–Trinajstić information content (AvgIpc) is 2.69. The van der Waals surface area contributed by atoms with E-state index in [4.69, 9.17) is 23.2 Å². The van der Waals surface area contributed by atoms with Crippen molar-refractivity contribution in [1.29, 1.82) is 15.8 Å². The highest BCUT2D eigenvalue weighted by molar-refractivity contribution is 6.30. The third-order valence-electron chi connectivity index (χ3n) is 4.74. The number of hydrogen-bond donors (Lipinski definition) is 1. The highest BCUT2D eigenvalue weighted by Crippen LogP contribution is 2.42. The summed E-state index contributed by atoms with van der Waals surface area (Å²) in [6, 6.07) is 20.5. The molecular weight excluding hydrogens is 391 g/mol. The number of nitriles is 3. The molecule has 0 spiro atoms. The number of halogens is 2. The fraction of sp³-hybridized carbons (Fsp3) is 0.136. The Balaban J connectivity index is 2.27. The van der Waals surface area contributed by atoms with E-state index in [0.717, 1.165) is 16.7 Å². The van der Waals surface area contributed by atoms with E-state index in [2.05, 4.69) is 11.4 Å². The summed E-state index contributed by atoms with van der Waals surface area (Å²) in [4.78, 5) is 0. The maximum absolute atomic E-state index is 9.82. The van der Waals surface area contributed by atoms with Crippen molar-refractivity contribution in [2.45, 2.75) is 18.9 Å². The topological polar surface area (TPSA) is 83.4 Å². The van der Waals surface area contributed by atoms with Gasteiger partial charge in [-0.3, -0.25) is 0 Å². The van der Waals surface area contributed by atoms with Crippen molar-refractivity contribution < 1.29 is 0 Å². The second kappa shape index (κ2) is 7.79. The van der Waals surface area contributed by atoms with E-state index in [1.54, 1.807) is 24.3 Å². The van der Waals surface area contributed by atoms with Gasteiger partial charge in [-0.15, -0.1) is 0 Å². The minimum absolute atomic E-state index is 0.136. The second-order valence-corrected chi connectivity index (χ2v) is 7.46. The molecule has 0 aromatic heterocycles. The Kier molecular flexibility index (Phi) is 5.43. The van der Waals surface area contributed by atoms with Crippen molar-refractivity contribution in [3.63, 3.8) is 0 Å². The van der Waals surface area contributed by atoms with Crippen LogP contribution in [0.4, 0.5) is 0 Å². The Morgan fingerprint density at radius 2 is 1.46 bits per heavy atom. The van der Waals surface area contributed by atoms with Crippen molar-refractivity contribution in [3.8, 4) is 18.2 Å². The second-order valence-electron chi connectivity index (χ2n) is 6.59. The third kappa shape index (κ3) is 3.60. The van der Waals surface area contributed by atoms with E-state index in [-0.39, 0.29) is 16.8 Å². The van der Waals surface area contributed by atoms with Crippen molar-refractivity contribution in [2.75, 3.05) is 0 Å². The number of hydrogen-bond acceptors (Lipinski definition) is 4. The summed E-state index contributed by atoms with van der Waals surface area (Å²) in [5, 5.41) is 33.1.